The Hall–Kier alpha value is -0.610. The molecule has 1 aliphatic heterocycles. The predicted octanol–water partition coefficient (Wildman–Crippen LogP) is 1.84. The maximum atomic E-state index is 11.7. The van der Waals surface area contributed by atoms with Gasteiger partial charge in [0, 0.05) is 18.1 Å². The van der Waals surface area contributed by atoms with Crippen LogP contribution in [0.2, 0.25) is 0 Å². The lowest BCUT2D eigenvalue weighted by molar-refractivity contribution is -0.129. The topological polar surface area (TPSA) is 50.4 Å². The average Bonchev–Trinajstić information content (AvgIpc) is 2.36. The van der Waals surface area contributed by atoms with Gasteiger partial charge in [0.1, 0.15) is 6.61 Å². The molecular weight excluding hydrogens is 228 g/mol. The minimum Gasteiger partial charge on any atom is -0.367 e. The van der Waals surface area contributed by atoms with Crippen molar-refractivity contribution >= 4 is 5.91 Å². The molecule has 0 radical (unpaired) electrons. The van der Waals surface area contributed by atoms with Crippen LogP contribution < -0.4 is 10.6 Å². The van der Waals surface area contributed by atoms with Crippen LogP contribution in [0, 0.1) is 0 Å². The molecule has 1 saturated heterocycles. The molecule has 0 aromatic heterocycles. The number of carbonyl (C=O) groups excluding carboxylic acids is 1. The third-order valence-corrected chi connectivity index (χ3v) is 3.72. The summed E-state index contributed by atoms with van der Waals surface area (Å²) in [6.07, 6.45) is 4.33. The highest BCUT2D eigenvalue weighted by molar-refractivity contribution is 5.77. The summed E-state index contributed by atoms with van der Waals surface area (Å²) in [6.45, 7) is 8.61. The lowest BCUT2D eigenvalue weighted by Gasteiger charge is -2.35. The summed E-state index contributed by atoms with van der Waals surface area (Å²) in [7, 11) is 0. The van der Waals surface area contributed by atoms with Crippen LogP contribution >= 0.6 is 0 Å². The summed E-state index contributed by atoms with van der Waals surface area (Å²) in [5.41, 5.74) is 0. The molecule has 1 rings (SSSR count). The minimum absolute atomic E-state index is 0.00201. The molecule has 4 unspecified atom stereocenters. The van der Waals surface area contributed by atoms with Crippen molar-refractivity contribution in [2.24, 2.45) is 0 Å². The molecule has 1 amide bonds. The summed E-state index contributed by atoms with van der Waals surface area (Å²) < 4.78 is 5.77. The highest BCUT2D eigenvalue weighted by atomic mass is 16.5. The van der Waals surface area contributed by atoms with E-state index in [0.29, 0.717) is 12.1 Å². The van der Waals surface area contributed by atoms with Crippen molar-refractivity contribution in [3.8, 4) is 0 Å². The highest BCUT2D eigenvalue weighted by Crippen LogP contribution is 2.18. The Morgan fingerprint density at radius 3 is 2.78 bits per heavy atom. The largest absolute Gasteiger partial charge is 0.367 e. The van der Waals surface area contributed by atoms with Gasteiger partial charge in [-0.05, 0) is 39.5 Å². The standard InChI is InChI=1S/C14H28N2O2/c1-5-10(3)16-14(17)9-18-13-8-7-11(4)15-12(13)6-2/h10-13,15H,5-9H2,1-4H3,(H,16,17). The van der Waals surface area contributed by atoms with Gasteiger partial charge >= 0.3 is 0 Å². The van der Waals surface area contributed by atoms with E-state index in [9.17, 15) is 4.79 Å². The Balaban J connectivity index is 2.31. The molecule has 4 atom stereocenters. The van der Waals surface area contributed by atoms with Crippen molar-refractivity contribution in [3.63, 3.8) is 0 Å². The van der Waals surface area contributed by atoms with Crippen molar-refractivity contribution in [2.75, 3.05) is 6.61 Å². The van der Waals surface area contributed by atoms with Crippen LogP contribution in [0.5, 0.6) is 0 Å². The van der Waals surface area contributed by atoms with Crippen molar-refractivity contribution in [2.45, 2.75) is 77.6 Å². The monoisotopic (exact) mass is 256 g/mol. The first-order valence-corrected chi connectivity index (χ1v) is 7.23. The number of ether oxygens (including phenoxy) is 1. The van der Waals surface area contributed by atoms with E-state index in [-0.39, 0.29) is 24.7 Å². The molecule has 2 N–H and O–H groups in total. The molecule has 1 aliphatic rings. The van der Waals surface area contributed by atoms with Crippen molar-refractivity contribution in [1.29, 1.82) is 0 Å². The molecule has 0 bridgehead atoms. The fraction of sp³-hybridized carbons (Fsp3) is 0.929. The van der Waals surface area contributed by atoms with Gasteiger partial charge in [-0.15, -0.1) is 0 Å². The second-order valence-corrected chi connectivity index (χ2v) is 5.39. The molecule has 18 heavy (non-hydrogen) atoms. The van der Waals surface area contributed by atoms with Crippen LogP contribution in [0.3, 0.4) is 0 Å². The molecule has 106 valence electrons. The number of amides is 1. The van der Waals surface area contributed by atoms with E-state index < -0.39 is 0 Å². The lowest BCUT2D eigenvalue weighted by atomic mass is 9.95. The number of nitrogens with one attached hydrogen (secondary N) is 2. The van der Waals surface area contributed by atoms with Gasteiger partial charge in [-0.2, -0.15) is 0 Å². The average molecular weight is 256 g/mol. The number of carbonyl (C=O) groups is 1. The Morgan fingerprint density at radius 2 is 2.17 bits per heavy atom. The summed E-state index contributed by atoms with van der Waals surface area (Å²) in [5.74, 6) is -0.00201. The quantitative estimate of drug-likeness (QED) is 0.762. The van der Waals surface area contributed by atoms with Gasteiger partial charge in [0.25, 0.3) is 0 Å². The highest BCUT2D eigenvalue weighted by Gasteiger charge is 2.27. The predicted molar refractivity (Wildman–Crippen MR) is 73.5 cm³/mol. The molecule has 1 fully saturated rings. The normalized spacial score (nSPS) is 29.9. The van der Waals surface area contributed by atoms with Crippen LogP contribution in [0.25, 0.3) is 0 Å². The Kier molecular flexibility index (Phi) is 6.65. The molecule has 1 heterocycles. The summed E-state index contributed by atoms with van der Waals surface area (Å²) in [5, 5.41) is 6.46. The van der Waals surface area contributed by atoms with Gasteiger partial charge in [-0.1, -0.05) is 13.8 Å². The zero-order chi connectivity index (χ0) is 13.5. The Bertz CT molecular complexity index is 258. The van der Waals surface area contributed by atoms with Gasteiger partial charge in [-0.3, -0.25) is 4.79 Å². The molecule has 4 heteroatoms. The molecule has 4 nitrogen and oxygen atoms in total. The maximum Gasteiger partial charge on any atom is 0.246 e. The van der Waals surface area contributed by atoms with Gasteiger partial charge in [0.05, 0.1) is 6.10 Å². The molecule has 0 aromatic rings. The van der Waals surface area contributed by atoms with Crippen LogP contribution in [0.1, 0.15) is 53.4 Å². The molecule has 0 saturated carbocycles. The maximum absolute atomic E-state index is 11.7. The van der Waals surface area contributed by atoms with E-state index >= 15 is 0 Å². The van der Waals surface area contributed by atoms with Gasteiger partial charge in [0.2, 0.25) is 5.91 Å². The van der Waals surface area contributed by atoms with E-state index in [1.807, 2.05) is 6.92 Å². The molecule has 0 aromatic carbocycles. The third kappa shape index (κ3) is 4.94. The smallest absolute Gasteiger partial charge is 0.246 e. The fourth-order valence-corrected chi connectivity index (χ4v) is 2.35. The lowest BCUT2D eigenvalue weighted by Crippen LogP contribution is -2.50. The van der Waals surface area contributed by atoms with Crippen molar-refractivity contribution in [1.82, 2.24) is 10.6 Å². The number of rotatable bonds is 6. The zero-order valence-electron chi connectivity index (χ0n) is 12.2. The minimum atomic E-state index is -0.00201. The van der Waals surface area contributed by atoms with Gasteiger partial charge in [0.15, 0.2) is 0 Å². The van der Waals surface area contributed by atoms with E-state index in [1.165, 1.54) is 0 Å². The Morgan fingerprint density at radius 1 is 1.44 bits per heavy atom. The molecule has 0 spiro atoms. The van der Waals surface area contributed by atoms with E-state index in [2.05, 4.69) is 31.4 Å². The summed E-state index contributed by atoms with van der Waals surface area (Å²) in [4.78, 5) is 11.7. The van der Waals surface area contributed by atoms with E-state index in [4.69, 9.17) is 4.74 Å². The van der Waals surface area contributed by atoms with Gasteiger partial charge < -0.3 is 15.4 Å². The van der Waals surface area contributed by atoms with E-state index in [0.717, 1.165) is 25.7 Å². The van der Waals surface area contributed by atoms with Crippen molar-refractivity contribution in [3.05, 3.63) is 0 Å². The second kappa shape index (κ2) is 7.74. The molecular formula is C14H28N2O2. The second-order valence-electron chi connectivity index (χ2n) is 5.39. The van der Waals surface area contributed by atoms with Crippen LogP contribution in [-0.2, 0) is 9.53 Å². The summed E-state index contributed by atoms with van der Waals surface area (Å²) >= 11 is 0. The van der Waals surface area contributed by atoms with Gasteiger partial charge in [-0.25, -0.2) is 0 Å². The third-order valence-electron chi connectivity index (χ3n) is 3.72. The fourth-order valence-electron chi connectivity index (χ4n) is 2.35. The number of piperidine rings is 1. The molecule has 0 aliphatic carbocycles. The SMILES string of the molecule is CCC(C)NC(=O)COC1CCC(C)NC1CC. The first kappa shape index (κ1) is 15.4. The van der Waals surface area contributed by atoms with Crippen LogP contribution in [-0.4, -0.2) is 36.7 Å². The van der Waals surface area contributed by atoms with E-state index in [1.54, 1.807) is 0 Å². The van der Waals surface area contributed by atoms with Crippen LogP contribution in [0.15, 0.2) is 0 Å². The van der Waals surface area contributed by atoms with Crippen LogP contribution in [0.4, 0.5) is 0 Å². The first-order valence-electron chi connectivity index (χ1n) is 7.23. The summed E-state index contributed by atoms with van der Waals surface area (Å²) in [6, 6.07) is 1.17. The Labute approximate surface area is 111 Å². The number of hydrogen-bond acceptors (Lipinski definition) is 3. The van der Waals surface area contributed by atoms with Crippen molar-refractivity contribution < 1.29 is 9.53 Å². The number of hydrogen-bond donors (Lipinski definition) is 2. The first-order chi connectivity index (χ1) is 8.56. The zero-order valence-corrected chi connectivity index (χ0v) is 12.2.